The predicted molar refractivity (Wildman–Crippen MR) is 92.6 cm³/mol. The number of rotatable bonds is 5. The summed E-state index contributed by atoms with van der Waals surface area (Å²) in [6, 6.07) is 10.8. The summed E-state index contributed by atoms with van der Waals surface area (Å²) in [4.78, 5) is 24.2. The van der Waals surface area contributed by atoms with Crippen LogP contribution in [0.3, 0.4) is 0 Å². The molecule has 0 aliphatic heterocycles. The van der Waals surface area contributed by atoms with Crippen molar-refractivity contribution >= 4 is 17.6 Å². The summed E-state index contributed by atoms with van der Waals surface area (Å²) in [5.41, 5.74) is 3.98. The molecule has 2 rings (SSSR count). The van der Waals surface area contributed by atoms with Gasteiger partial charge >= 0.3 is 5.97 Å². The standard InChI is InChI=1S/C19H21NO4/c1-12-8-9-17(23-4)15(10-12)19(22)24-11-18(21)20-16-7-5-6-13(2)14(16)3/h5-10H,11H2,1-4H3,(H,20,21). The van der Waals surface area contributed by atoms with E-state index in [1.807, 2.05) is 45.0 Å². The zero-order valence-electron chi connectivity index (χ0n) is 14.3. The Bertz CT molecular complexity index is 768. The summed E-state index contributed by atoms with van der Waals surface area (Å²) in [5, 5.41) is 2.75. The molecule has 5 heteroatoms. The van der Waals surface area contributed by atoms with Gasteiger partial charge in [0.1, 0.15) is 11.3 Å². The first-order chi connectivity index (χ1) is 11.4. The fraction of sp³-hybridized carbons (Fsp3) is 0.263. The van der Waals surface area contributed by atoms with Crippen LogP contribution in [0.15, 0.2) is 36.4 Å². The molecule has 0 spiro atoms. The number of anilines is 1. The third-order valence-corrected chi connectivity index (χ3v) is 3.79. The molecule has 5 nitrogen and oxygen atoms in total. The van der Waals surface area contributed by atoms with Crippen LogP contribution >= 0.6 is 0 Å². The molecule has 0 fully saturated rings. The van der Waals surface area contributed by atoms with E-state index >= 15 is 0 Å². The van der Waals surface area contributed by atoms with Crippen molar-refractivity contribution in [2.24, 2.45) is 0 Å². The van der Waals surface area contributed by atoms with Crippen molar-refractivity contribution < 1.29 is 19.1 Å². The van der Waals surface area contributed by atoms with Gasteiger partial charge in [0.2, 0.25) is 0 Å². The first kappa shape index (κ1) is 17.5. The maximum atomic E-state index is 12.2. The van der Waals surface area contributed by atoms with Gasteiger partial charge in [-0.25, -0.2) is 4.79 Å². The van der Waals surface area contributed by atoms with Crippen molar-refractivity contribution in [2.45, 2.75) is 20.8 Å². The molecule has 0 radical (unpaired) electrons. The molecular formula is C19H21NO4. The number of hydrogen-bond acceptors (Lipinski definition) is 4. The summed E-state index contributed by atoms with van der Waals surface area (Å²) >= 11 is 0. The van der Waals surface area contributed by atoms with E-state index in [4.69, 9.17) is 9.47 Å². The maximum Gasteiger partial charge on any atom is 0.342 e. The van der Waals surface area contributed by atoms with Crippen molar-refractivity contribution in [3.63, 3.8) is 0 Å². The number of benzene rings is 2. The van der Waals surface area contributed by atoms with Crippen molar-refractivity contribution in [3.8, 4) is 5.75 Å². The van der Waals surface area contributed by atoms with Crippen molar-refractivity contribution in [2.75, 3.05) is 19.0 Å². The van der Waals surface area contributed by atoms with Crippen LogP contribution in [0.4, 0.5) is 5.69 Å². The highest BCUT2D eigenvalue weighted by molar-refractivity contribution is 5.97. The minimum Gasteiger partial charge on any atom is -0.496 e. The Morgan fingerprint density at radius 3 is 2.54 bits per heavy atom. The Balaban J connectivity index is 2.00. The van der Waals surface area contributed by atoms with E-state index < -0.39 is 5.97 Å². The molecule has 0 saturated carbocycles. The van der Waals surface area contributed by atoms with Crippen LogP contribution in [0.25, 0.3) is 0 Å². The van der Waals surface area contributed by atoms with Gasteiger partial charge in [0, 0.05) is 5.69 Å². The molecule has 0 aliphatic rings. The molecule has 1 amide bonds. The van der Waals surface area contributed by atoms with E-state index in [0.717, 1.165) is 16.7 Å². The summed E-state index contributed by atoms with van der Waals surface area (Å²) in [7, 11) is 1.48. The zero-order chi connectivity index (χ0) is 17.7. The number of carbonyl (C=O) groups excluding carboxylic acids is 2. The van der Waals surface area contributed by atoms with Gasteiger partial charge in [-0.3, -0.25) is 4.79 Å². The molecule has 24 heavy (non-hydrogen) atoms. The lowest BCUT2D eigenvalue weighted by Crippen LogP contribution is -2.21. The molecule has 0 aromatic heterocycles. The smallest absolute Gasteiger partial charge is 0.342 e. The van der Waals surface area contributed by atoms with Crippen molar-refractivity contribution in [3.05, 3.63) is 58.7 Å². The molecule has 2 aromatic carbocycles. The predicted octanol–water partition coefficient (Wildman–Crippen LogP) is 3.42. The number of esters is 1. The van der Waals surface area contributed by atoms with E-state index in [1.165, 1.54) is 7.11 Å². The lowest BCUT2D eigenvalue weighted by atomic mass is 10.1. The van der Waals surface area contributed by atoms with E-state index in [9.17, 15) is 9.59 Å². The molecule has 0 bridgehead atoms. The Morgan fingerprint density at radius 1 is 1.08 bits per heavy atom. The monoisotopic (exact) mass is 327 g/mol. The number of carbonyl (C=O) groups is 2. The number of methoxy groups -OCH3 is 1. The third kappa shape index (κ3) is 4.13. The van der Waals surface area contributed by atoms with Crippen molar-refractivity contribution in [1.82, 2.24) is 0 Å². The van der Waals surface area contributed by atoms with Gasteiger partial charge < -0.3 is 14.8 Å². The molecule has 0 unspecified atom stereocenters. The quantitative estimate of drug-likeness (QED) is 0.855. The molecule has 0 heterocycles. The van der Waals surface area contributed by atoms with E-state index in [0.29, 0.717) is 17.0 Å². The summed E-state index contributed by atoms with van der Waals surface area (Å²) < 4.78 is 10.3. The van der Waals surface area contributed by atoms with Crippen LogP contribution < -0.4 is 10.1 Å². The Hall–Kier alpha value is -2.82. The van der Waals surface area contributed by atoms with Crippen LogP contribution in [0.1, 0.15) is 27.0 Å². The lowest BCUT2D eigenvalue weighted by Gasteiger charge is -2.12. The number of hydrogen-bond donors (Lipinski definition) is 1. The van der Waals surface area contributed by atoms with E-state index in [1.54, 1.807) is 12.1 Å². The minimum atomic E-state index is -0.591. The second-order valence-electron chi connectivity index (χ2n) is 5.58. The van der Waals surface area contributed by atoms with Crippen molar-refractivity contribution in [1.29, 1.82) is 0 Å². The normalized spacial score (nSPS) is 10.2. The SMILES string of the molecule is COc1ccc(C)cc1C(=O)OCC(=O)Nc1cccc(C)c1C. The minimum absolute atomic E-state index is 0.303. The molecule has 1 N–H and O–H groups in total. The first-order valence-corrected chi connectivity index (χ1v) is 7.60. The lowest BCUT2D eigenvalue weighted by molar-refractivity contribution is -0.119. The number of aryl methyl sites for hydroxylation is 2. The summed E-state index contributed by atoms with van der Waals surface area (Å²) in [6.45, 7) is 5.40. The molecule has 0 atom stereocenters. The fourth-order valence-corrected chi connectivity index (χ4v) is 2.26. The Morgan fingerprint density at radius 2 is 1.83 bits per heavy atom. The molecule has 126 valence electrons. The van der Waals surface area contributed by atoms with Crippen LogP contribution in [-0.4, -0.2) is 25.6 Å². The second-order valence-corrected chi connectivity index (χ2v) is 5.58. The highest BCUT2D eigenvalue weighted by atomic mass is 16.5. The van der Waals surface area contributed by atoms with Gasteiger partial charge in [-0.15, -0.1) is 0 Å². The van der Waals surface area contributed by atoms with Gasteiger partial charge in [-0.2, -0.15) is 0 Å². The molecular weight excluding hydrogens is 306 g/mol. The van der Waals surface area contributed by atoms with Gasteiger partial charge in [-0.1, -0.05) is 23.8 Å². The van der Waals surface area contributed by atoms with E-state index in [2.05, 4.69) is 5.32 Å². The Kier molecular flexibility index (Phi) is 5.58. The van der Waals surface area contributed by atoms with Gasteiger partial charge in [0.05, 0.1) is 7.11 Å². The summed E-state index contributed by atoms with van der Waals surface area (Å²) in [6.07, 6.45) is 0. The van der Waals surface area contributed by atoms with Crippen LogP contribution in [0, 0.1) is 20.8 Å². The number of nitrogens with one attached hydrogen (secondary N) is 1. The van der Waals surface area contributed by atoms with Crippen LogP contribution in [0.5, 0.6) is 5.75 Å². The highest BCUT2D eigenvalue weighted by Crippen LogP contribution is 2.21. The topological polar surface area (TPSA) is 64.6 Å². The molecule has 0 saturated heterocycles. The Labute approximate surface area is 141 Å². The number of ether oxygens (including phenoxy) is 2. The largest absolute Gasteiger partial charge is 0.496 e. The molecule has 0 aliphatic carbocycles. The average molecular weight is 327 g/mol. The fourth-order valence-electron chi connectivity index (χ4n) is 2.26. The first-order valence-electron chi connectivity index (χ1n) is 7.60. The van der Waals surface area contributed by atoms with Gasteiger partial charge in [0.15, 0.2) is 6.61 Å². The molecule has 2 aromatic rings. The third-order valence-electron chi connectivity index (χ3n) is 3.79. The number of amides is 1. The zero-order valence-corrected chi connectivity index (χ0v) is 14.3. The second kappa shape index (κ2) is 7.64. The highest BCUT2D eigenvalue weighted by Gasteiger charge is 2.16. The van der Waals surface area contributed by atoms with Gasteiger partial charge in [-0.05, 0) is 50.1 Å². The van der Waals surface area contributed by atoms with Crippen LogP contribution in [0.2, 0.25) is 0 Å². The maximum absolute atomic E-state index is 12.2. The van der Waals surface area contributed by atoms with Crippen LogP contribution in [-0.2, 0) is 9.53 Å². The summed E-state index contributed by atoms with van der Waals surface area (Å²) in [5.74, 6) is -0.559. The van der Waals surface area contributed by atoms with Gasteiger partial charge in [0.25, 0.3) is 5.91 Å². The van der Waals surface area contributed by atoms with E-state index in [-0.39, 0.29) is 12.5 Å². The average Bonchev–Trinajstić information content (AvgIpc) is 2.56.